The Kier molecular flexibility index (Phi) is 8.21. The molecule has 7 nitrogen and oxygen atoms in total. The summed E-state index contributed by atoms with van der Waals surface area (Å²) in [4.78, 5) is 25.2. The van der Waals surface area contributed by atoms with Crippen LogP contribution in [0.5, 0.6) is 5.75 Å². The minimum absolute atomic E-state index is 0.0977. The lowest BCUT2D eigenvalue weighted by atomic mass is 10.2. The number of imide groups is 1. The van der Waals surface area contributed by atoms with E-state index in [0.717, 1.165) is 16.2 Å². The highest BCUT2D eigenvalue weighted by atomic mass is 16.6. The van der Waals surface area contributed by atoms with Gasteiger partial charge in [0.1, 0.15) is 11.4 Å². The first kappa shape index (κ1) is 20.8. The molecule has 0 atom stereocenters. The summed E-state index contributed by atoms with van der Waals surface area (Å²) in [7, 11) is 0. The van der Waals surface area contributed by atoms with E-state index in [4.69, 9.17) is 15.2 Å². The molecule has 0 heterocycles. The number of carbonyl (C=O) groups excluding carboxylic acids is 2. The van der Waals surface area contributed by atoms with Crippen LogP contribution in [0, 0.1) is 6.92 Å². The van der Waals surface area contributed by atoms with Gasteiger partial charge in [0.2, 0.25) is 0 Å². The minimum Gasteiger partial charge on any atom is -0.493 e. The van der Waals surface area contributed by atoms with E-state index < -0.39 is 17.7 Å². The van der Waals surface area contributed by atoms with Gasteiger partial charge in [-0.25, -0.2) is 14.5 Å². The van der Waals surface area contributed by atoms with E-state index in [-0.39, 0.29) is 13.1 Å². The number of urea groups is 1. The molecule has 0 spiro atoms. The highest BCUT2D eigenvalue weighted by Crippen LogP contribution is 2.16. The molecule has 3 N–H and O–H groups in total. The van der Waals surface area contributed by atoms with Crippen LogP contribution in [0.2, 0.25) is 0 Å². The molecule has 0 aromatic heterocycles. The van der Waals surface area contributed by atoms with Crippen LogP contribution in [-0.2, 0) is 4.74 Å². The Labute approximate surface area is 149 Å². The molecule has 0 radical (unpaired) electrons. The zero-order chi connectivity index (χ0) is 18.9. The molecule has 1 aromatic carbocycles. The lowest BCUT2D eigenvalue weighted by molar-refractivity contribution is 0.0325. The zero-order valence-corrected chi connectivity index (χ0v) is 15.5. The molecule has 140 valence electrons. The summed E-state index contributed by atoms with van der Waals surface area (Å²) in [5, 5.41) is 2.69. The third-order valence-electron chi connectivity index (χ3n) is 3.16. The van der Waals surface area contributed by atoms with Crippen LogP contribution in [-0.4, -0.2) is 48.9 Å². The van der Waals surface area contributed by atoms with E-state index in [1.807, 2.05) is 31.2 Å². The van der Waals surface area contributed by atoms with Gasteiger partial charge in [-0.2, -0.15) is 0 Å². The summed E-state index contributed by atoms with van der Waals surface area (Å²) >= 11 is 0. The summed E-state index contributed by atoms with van der Waals surface area (Å²) in [5.74, 6) is 0.826. The third-order valence-corrected chi connectivity index (χ3v) is 3.16. The van der Waals surface area contributed by atoms with E-state index >= 15 is 0 Å². The van der Waals surface area contributed by atoms with Crippen LogP contribution in [0.25, 0.3) is 0 Å². The second-order valence-corrected chi connectivity index (χ2v) is 6.62. The number of nitrogens with zero attached hydrogens (tertiary/aromatic N) is 1. The first-order valence-electron chi connectivity index (χ1n) is 8.41. The number of nitrogens with two attached hydrogens (primary N) is 1. The minimum atomic E-state index is -0.702. The van der Waals surface area contributed by atoms with Crippen LogP contribution in [0.3, 0.4) is 0 Å². The molecule has 25 heavy (non-hydrogen) atoms. The number of hydrogen-bond donors (Lipinski definition) is 2. The molecule has 0 aliphatic heterocycles. The Balaban J connectivity index is 2.39. The van der Waals surface area contributed by atoms with Gasteiger partial charge in [-0.15, -0.1) is 0 Å². The first-order valence-corrected chi connectivity index (χ1v) is 8.41. The molecule has 0 bridgehead atoms. The molecule has 3 amide bonds. The Bertz CT molecular complexity index is 570. The molecule has 0 fully saturated rings. The Morgan fingerprint density at radius 2 is 1.92 bits per heavy atom. The maximum atomic E-state index is 12.2. The molecular formula is C18H29N3O4. The van der Waals surface area contributed by atoms with Crippen molar-refractivity contribution in [2.75, 3.05) is 26.2 Å². The Morgan fingerprint density at radius 3 is 2.52 bits per heavy atom. The lowest BCUT2D eigenvalue weighted by Crippen LogP contribution is -2.48. The molecular weight excluding hydrogens is 322 g/mol. The number of amides is 3. The Hall–Kier alpha value is -2.28. The van der Waals surface area contributed by atoms with E-state index in [2.05, 4.69) is 5.32 Å². The predicted molar refractivity (Wildman–Crippen MR) is 96.7 cm³/mol. The second-order valence-electron chi connectivity index (χ2n) is 6.62. The van der Waals surface area contributed by atoms with E-state index in [1.54, 1.807) is 20.8 Å². The number of rotatable bonds is 7. The van der Waals surface area contributed by atoms with Crippen LogP contribution in [0.15, 0.2) is 24.3 Å². The summed E-state index contributed by atoms with van der Waals surface area (Å²) < 4.78 is 10.9. The number of benzene rings is 1. The fraction of sp³-hybridized carbons (Fsp3) is 0.556. The van der Waals surface area contributed by atoms with Crippen molar-refractivity contribution in [3.8, 4) is 5.75 Å². The quantitative estimate of drug-likeness (QED) is 0.737. The average Bonchev–Trinajstić information content (AvgIpc) is 2.52. The summed E-state index contributed by atoms with van der Waals surface area (Å²) in [6, 6.07) is 7.22. The van der Waals surface area contributed by atoms with Crippen LogP contribution in [0.4, 0.5) is 9.59 Å². The lowest BCUT2D eigenvalue weighted by Gasteiger charge is -2.26. The maximum Gasteiger partial charge on any atom is 0.418 e. The normalized spacial score (nSPS) is 10.9. The average molecular weight is 351 g/mol. The SMILES string of the molecule is Cc1ccccc1OCCCNC(=O)N(CCN)C(=O)OC(C)(C)C. The molecule has 0 aliphatic rings. The van der Waals surface area contributed by atoms with Crippen molar-refractivity contribution < 1.29 is 19.1 Å². The monoisotopic (exact) mass is 351 g/mol. The van der Waals surface area contributed by atoms with Gasteiger partial charge in [0.25, 0.3) is 0 Å². The van der Waals surface area contributed by atoms with Gasteiger partial charge in [-0.1, -0.05) is 18.2 Å². The Morgan fingerprint density at radius 1 is 1.24 bits per heavy atom. The molecule has 1 rings (SSSR count). The summed E-state index contributed by atoms with van der Waals surface area (Å²) in [6.45, 7) is 8.32. The van der Waals surface area contributed by atoms with Crippen molar-refractivity contribution in [1.82, 2.24) is 10.2 Å². The fourth-order valence-electron chi connectivity index (χ4n) is 1.99. The van der Waals surface area contributed by atoms with Gasteiger partial charge in [-0.3, -0.25) is 0 Å². The number of carbonyl (C=O) groups is 2. The van der Waals surface area contributed by atoms with Gasteiger partial charge < -0.3 is 20.5 Å². The van der Waals surface area contributed by atoms with E-state index in [0.29, 0.717) is 19.6 Å². The standard InChI is InChI=1S/C18H29N3O4/c1-14-8-5-6-9-15(14)24-13-7-11-20-16(22)21(12-10-19)17(23)25-18(2,3)4/h5-6,8-9H,7,10-13,19H2,1-4H3,(H,20,22). The molecule has 0 unspecified atom stereocenters. The summed E-state index contributed by atoms with van der Waals surface area (Å²) in [6.07, 6.45) is -0.0863. The third kappa shape index (κ3) is 7.89. The van der Waals surface area contributed by atoms with Gasteiger partial charge in [-0.05, 0) is 45.7 Å². The zero-order valence-electron chi connectivity index (χ0n) is 15.5. The first-order chi connectivity index (χ1) is 11.7. The summed E-state index contributed by atoms with van der Waals surface area (Å²) in [5.41, 5.74) is 5.86. The molecule has 7 heteroatoms. The molecule has 0 saturated heterocycles. The van der Waals surface area contributed by atoms with Crippen molar-refractivity contribution >= 4 is 12.1 Å². The van der Waals surface area contributed by atoms with Gasteiger partial charge in [0, 0.05) is 19.6 Å². The van der Waals surface area contributed by atoms with Crippen LogP contribution < -0.4 is 15.8 Å². The van der Waals surface area contributed by atoms with E-state index in [1.165, 1.54) is 0 Å². The van der Waals surface area contributed by atoms with Gasteiger partial charge >= 0.3 is 12.1 Å². The van der Waals surface area contributed by atoms with Crippen LogP contribution in [0.1, 0.15) is 32.8 Å². The molecule has 0 saturated carbocycles. The van der Waals surface area contributed by atoms with Crippen molar-refractivity contribution in [1.29, 1.82) is 0 Å². The molecule has 1 aromatic rings. The molecule has 0 aliphatic carbocycles. The van der Waals surface area contributed by atoms with E-state index in [9.17, 15) is 9.59 Å². The largest absolute Gasteiger partial charge is 0.493 e. The van der Waals surface area contributed by atoms with Crippen molar-refractivity contribution in [2.45, 2.75) is 39.7 Å². The topological polar surface area (TPSA) is 93.9 Å². The fourth-order valence-corrected chi connectivity index (χ4v) is 1.99. The number of aryl methyl sites for hydroxylation is 1. The van der Waals surface area contributed by atoms with Gasteiger partial charge in [0.15, 0.2) is 0 Å². The predicted octanol–water partition coefficient (Wildman–Crippen LogP) is 2.67. The van der Waals surface area contributed by atoms with Crippen LogP contribution >= 0.6 is 0 Å². The number of ether oxygens (including phenoxy) is 2. The number of nitrogens with one attached hydrogen (secondary N) is 1. The number of para-hydroxylation sites is 1. The van der Waals surface area contributed by atoms with Crippen molar-refractivity contribution in [2.24, 2.45) is 5.73 Å². The van der Waals surface area contributed by atoms with Crippen molar-refractivity contribution in [3.05, 3.63) is 29.8 Å². The second kappa shape index (κ2) is 9.88. The van der Waals surface area contributed by atoms with Crippen molar-refractivity contribution in [3.63, 3.8) is 0 Å². The number of hydrogen-bond acceptors (Lipinski definition) is 5. The maximum absolute atomic E-state index is 12.2. The van der Waals surface area contributed by atoms with Gasteiger partial charge in [0.05, 0.1) is 6.61 Å². The highest BCUT2D eigenvalue weighted by Gasteiger charge is 2.26. The highest BCUT2D eigenvalue weighted by molar-refractivity contribution is 5.91. The smallest absolute Gasteiger partial charge is 0.418 e.